The second-order valence-corrected chi connectivity index (χ2v) is 6.75. The maximum absolute atomic E-state index is 12.7. The highest BCUT2D eigenvalue weighted by atomic mass is 32.2. The zero-order valence-electron chi connectivity index (χ0n) is 14.7. The third-order valence-electron chi connectivity index (χ3n) is 2.91. The van der Waals surface area contributed by atoms with Gasteiger partial charge < -0.3 is 19.8 Å². The molecule has 1 atom stereocenters. The largest absolute Gasteiger partial charge is 0.398 e. The van der Waals surface area contributed by atoms with E-state index in [-0.39, 0.29) is 0 Å². The number of carbonyl (C=O) groups excluding carboxylic acids is 1. The lowest BCUT2D eigenvalue weighted by atomic mass is 10.1. The number of rotatable bonds is 7. The summed E-state index contributed by atoms with van der Waals surface area (Å²) in [5, 5.41) is 8.33. The molecule has 144 valence electrons. The SMILES string of the molecule is COCN(CC(C)F)S(=O)(=O)OC(=O)CO.Cc1cccc(C)c1N. The molecule has 1 unspecified atom stereocenters. The van der Waals surface area contributed by atoms with Crippen molar-refractivity contribution in [1.29, 1.82) is 0 Å². The van der Waals surface area contributed by atoms with Gasteiger partial charge in [0.2, 0.25) is 0 Å². The molecule has 0 amide bonds. The summed E-state index contributed by atoms with van der Waals surface area (Å²) in [6.45, 7) is 3.14. The molecule has 3 N–H and O–H groups in total. The molecule has 1 aromatic rings. The monoisotopic (exact) mass is 380 g/mol. The Morgan fingerprint density at radius 3 is 2.24 bits per heavy atom. The number of alkyl halides is 1. The maximum Gasteiger partial charge on any atom is 0.389 e. The summed E-state index contributed by atoms with van der Waals surface area (Å²) in [7, 11) is -3.22. The molecule has 0 aliphatic carbocycles. The molecule has 1 rings (SSSR count). The second kappa shape index (κ2) is 11.0. The average Bonchev–Trinajstić information content (AvgIpc) is 2.52. The number of aliphatic hydroxyl groups excluding tert-OH is 1. The fraction of sp³-hybridized carbons (Fsp3) is 0.533. The highest BCUT2D eigenvalue weighted by Gasteiger charge is 2.27. The van der Waals surface area contributed by atoms with Crippen molar-refractivity contribution in [2.24, 2.45) is 0 Å². The summed E-state index contributed by atoms with van der Waals surface area (Å²) in [5.41, 5.74) is 8.92. The van der Waals surface area contributed by atoms with Crippen molar-refractivity contribution in [2.75, 3.05) is 32.7 Å². The van der Waals surface area contributed by atoms with E-state index in [1.54, 1.807) is 0 Å². The van der Waals surface area contributed by atoms with Crippen LogP contribution < -0.4 is 5.73 Å². The van der Waals surface area contributed by atoms with E-state index in [0.29, 0.717) is 4.31 Å². The van der Waals surface area contributed by atoms with Gasteiger partial charge in [0.25, 0.3) is 0 Å². The summed E-state index contributed by atoms with van der Waals surface area (Å²) in [6.07, 6.45) is -1.45. The van der Waals surface area contributed by atoms with E-state index in [1.807, 2.05) is 32.0 Å². The number of para-hydroxylation sites is 1. The highest BCUT2D eigenvalue weighted by Crippen LogP contribution is 2.13. The Morgan fingerprint density at radius 2 is 1.88 bits per heavy atom. The van der Waals surface area contributed by atoms with Crippen molar-refractivity contribution >= 4 is 22.0 Å². The van der Waals surface area contributed by atoms with Crippen LogP contribution in [-0.4, -0.2) is 57.0 Å². The molecule has 0 saturated carbocycles. The topological polar surface area (TPSA) is 119 Å². The Balaban J connectivity index is 0.000000535. The van der Waals surface area contributed by atoms with E-state index in [9.17, 15) is 17.6 Å². The lowest BCUT2D eigenvalue weighted by Crippen LogP contribution is -2.39. The highest BCUT2D eigenvalue weighted by molar-refractivity contribution is 7.84. The zero-order chi connectivity index (χ0) is 19.6. The van der Waals surface area contributed by atoms with Crippen molar-refractivity contribution in [3.8, 4) is 0 Å². The van der Waals surface area contributed by atoms with Crippen LogP contribution in [0.3, 0.4) is 0 Å². The number of nitrogens with two attached hydrogens (primary N) is 1. The molecule has 0 heterocycles. The number of aryl methyl sites for hydroxylation is 2. The molecule has 25 heavy (non-hydrogen) atoms. The lowest BCUT2D eigenvalue weighted by molar-refractivity contribution is -0.137. The van der Waals surface area contributed by atoms with E-state index in [4.69, 9.17) is 10.8 Å². The third kappa shape index (κ3) is 8.77. The number of carbonyl (C=O) groups is 1. The van der Waals surface area contributed by atoms with Gasteiger partial charge in [-0.05, 0) is 31.9 Å². The molecule has 10 heteroatoms. The summed E-state index contributed by atoms with van der Waals surface area (Å²) >= 11 is 0. The van der Waals surface area contributed by atoms with E-state index in [2.05, 4.69) is 8.92 Å². The molecule has 0 aliphatic rings. The maximum atomic E-state index is 12.7. The molecule has 0 fully saturated rings. The molecular formula is C15H25FN2O6S. The number of aliphatic hydroxyl groups is 1. The van der Waals surface area contributed by atoms with Crippen LogP contribution in [0.5, 0.6) is 0 Å². The minimum Gasteiger partial charge on any atom is -0.398 e. The van der Waals surface area contributed by atoms with Crippen LogP contribution in [-0.2, 0) is 24.0 Å². The van der Waals surface area contributed by atoms with Crippen molar-refractivity contribution in [2.45, 2.75) is 26.9 Å². The van der Waals surface area contributed by atoms with E-state index < -0.39 is 42.3 Å². The number of halogens is 1. The molecular weight excluding hydrogens is 355 g/mol. The first-order valence-corrected chi connectivity index (χ1v) is 8.69. The summed E-state index contributed by atoms with van der Waals surface area (Å²) in [4.78, 5) is 10.6. The molecule has 0 aliphatic heterocycles. The van der Waals surface area contributed by atoms with Gasteiger partial charge in [-0.15, -0.1) is 4.31 Å². The smallest absolute Gasteiger partial charge is 0.389 e. The number of nitrogens with zero attached hydrogens (tertiary/aromatic N) is 1. The predicted octanol–water partition coefficient (Wildman–Crippen LogP) is 0.916. The van der Waals surface area contributed by atoms with E-state index in [1.165, 1.54) is 7.11 Å². The van der Waals surface area contributed by atoms with Gasteiger partial charge in [-0.3, -0.25) is 0 Å². The number of benzene rings is 1. The van der Waals surface area contributed by atoms with Crippen LogP contribution in [0.1, 0.15) is 18.1 Å². The Labute approximate surface area is 147 Å². The molecule has 0 radical (unpaired) electrons. The van der Waals surface area contributed by atoms with Gasteiger partial charge in [-0.1, -0.05) is 18.2 Å². The van der Waals surface area contributed by atoms with Crippen molar-refractivity contribution in [3.63, 3.8) is 0 Å². The molecule has 8 nitrogen and oxygen atoms in total. The lowest BCUT2D eigenvalue weighted by Gasteiger charge is -2.20. The van der Waals surface area contributed by atoms with Crippen molar-refractivity contribution in [3.05, 3.63) is 29.3 Å². The standard InChI is InChI=1S/C8H11N.C7H14FNO6S/c1-6-4-3-5-7(2)8(6)9;1-6(8)3-9(5-14-2)16(12,13)15-7(11)4-10/h3-5H,9H2,1-2H3;6,10H,3-5H2,1-2H3. The Kier molecular flexibility index (Phi) is 10.2. The van der Waals surface area contributed by atoms with Crippen molar-refractivity contribution in [1.82, 2.24) is 4.31 Å². The molecule has 0 saturated heterocycles. The number of methoxy groups -OCH3 is 1. The van der Waals surface area contributed by atoms with Gasteiger partial charge in [-0.2, -0.15) is 8.42 Å². The number of ether oxygens (including phenoxy) is 1. The Hall–Kier alpha value is -1.75. The van der Waals surface area contributed by atoms with Crippen molar-refractivity contribution < 1.29 is 31.6 Å². The van der Waals surface area contributed by atoms with Gasteiger partial charge in [0.05, 0.1) is 6.54 Å². The van der Waals surface area contributed by atoms with Crippen LogP contribution in [0.15, 0.2) is 18.2 Å². The first-order chi connectivity index (χ1) is 11.5. The van der Waals surface area contributed by atoms with Gasteiger partial charge in [0.15, 0.2) is 0 Å². The Morgan fingerprint density at radius 1 is 1.36 bits per heavy atom. The minimum absolute atomic E-state index is 0.449. The molecule has 0 spiro atoms. The van der Waals surface area contributed by atoms with Gasteiger partial charge >= 0.3 is 16.3 Å². The van der Waals surface area contributed by atoms with Gasteiger partial charge in [-0.25, -0.2) is 9.18 Å². The van der Waals surface area contributed by atoms with Crippen LogP contribution in [0, 0.1) is 13.8 Å². The molecule has 0 bridgehead atoms. The quantitative estimate of drug-likeness (QED) is 0.533. The summed E-state index contributed by atoms with van der Waals surface area (Å²) in [5.74, 6) is -1.34. The van der Waals surface area contributed by atoms with Crippen LogP contribution in [0.2, 0.25) is 0 Å². The van der Waals surface area contributed by atoms with Crippen LogP contribution in [0.4, 0.5) is 10.1 Å². The normalized spacial score (nSPS) is 12.3. The second-order valence-electron chi connectivity index (χ2n) is 5.21. The minimum atomic E-state index is -4.43. The summed E-state index contributed by atoms with van der Waals surface area (Å²) in [6, 6.07) is 6.05. The number of anilines is 1. The van der Waals surface area contributed by atoms with E-state index in [0.717, 1.165) is 23.7 Å². The Bertz CT molecular complexity index is 631. The van der Waals surface area contributed by atoms with Gasteiger partial charge in [0.1, 0.15) is 19.5 Å². The average molecular weight is 380 g/mol. The van der Waals surface area contributed by atoms with E-state index >= 15 is 0 Å². The zero-order valence-corrected chi connectivity index (χ0v) is 15.5. The fourth-order valence-corrected chi connectivity index (χ4v) is 2.67. The number of hydrogen-bond donors (Lipinski definition) is 2. The first-order valence-electron chi connectivity index (χ1n) is 7.33. The molecule has 0 aromatic heterocycles. The summed E-state index contributed by atoms with van der Waals surface area (Å²) < 4.78 is 44.4. The predicted molar refractivity (Wildman–Crippen MR) is 91.6 cm³/mol. The molecule has 1 aromatic carbocycles. The van der Waals surface area contributed by atoms with Gasteiger partial charge in [0, 0.05) is 12.8 Å². The van der Waals surface area contributed by atoms with Crippen LogP contribution in [0.25, 0.3) is 0 Å². The number of hydrogen-bond acceptors (Lipinski definition) is 7. The first kappa shape index (κ1) is 23.2. The number of nitrogen functional groups attached to an aromatic ring is 1. The fourth-order valence-electron chi connectivity index (χ4n) is 1.66. The third-order valence-corrected chi connectivity index (χ3v) is 4.20. The van der Waals surface area contributed by atoms with Crippen LogP contribution >= 0.6 is 0 Å².